The van der Waals surface area contributed by atoms with Gasteiger partial charge in [0, 0.05) is 11.1 Å². The molecule has 0 aliphatic heterocycles. The van der Waals surface area contributed by atoms with E-state index in [0.717, 1.165) is 12.5 Å². The minimum absolute atomic E-state index is 0. The van der Waals surface area contributed by atoms with Gasteiger partial charge in [0.25, 0.3) is 0 Å². The van der Waals surface area contributed by atoms with Crippen LogP contribution in [-0.2, 0) is 6.18 Å². The van der Waals surface area contributed by atoms with Gasteiger partial charge in [-0.25, -0.2) is 0 Å². The molecule has 0 bridgehead atoms. The van der Waals surface area contributed by atoms with E-state index in [1.807, 2.05) is 0 Å². The Hall–Kier alpha value is -0.490. The van der Waals surface area contributed by atoms with Crippen LogP contribution in [-0.4, -0.2) is 6.54 Å². The van der Waals surface area contributed by atoms with Crippen LogP contribution in [0.2, 0.25) is 5.02 Å². The summed E-state index contributed by atoms with van der Waals surface area (Å²) >= 11 is 5.60. The van der Waals surface area contributed by atoms with Gasteiger partial charge in [-0.05, 0) is 37.1 Å². The van der Waals surface area contributed by atoms with Crippen molar-refractivity contribution in [2.24, 2.45) is 11.5 Å². The van der Waals surface area contributed by atoms with E-state index >= 15 is 0 Å². The third-order valence-electron chi connectivity index (χ3n) is 2.69. The molecule has 0 aliphatic carbocycles. The van der Waals surface area contributed by atoms with Crippen LogP contribution in [0.25, 0.3) is 0 Å². The molecule has 2 nitrogen and oxygen atoms in total. The van der Waals surface area contributed by atoms with Crippen LogP contribution < -0.4 is 11.5 Å². The zero-order chi connectivity index (χ0) is 13.8. The molecule has 110 valence electrons. The molecule has 1 rings (SSSR count). The minimum atomic E-state index is -4.44. The van der Waals surface area contributed by atoms with Crippen molar-refractivity contribution >= 4 is 24.0 Å². The number of alkyl halides is 3. The molecule has 0 aromatic heterocycles. The first-order chi connectivity index (χ1) is 8.36. The van der Waals surface area contributed by atoms with Crippen molar-refractivity contribution in [1.82, 2.24) is 0 Å². The molecule has 1 aromatic rings. The minimum Gasteiger partial charge on any atom is -0.330 e. The van der Waals surface area contributed by atoms with Gasteiger partial charge in [-0.2, -0.15) is 13.2 Å². The van der Waals surface area contributed by atoms with E-state index in [0.29, 0.717) is 19.4 Å². The van der Waals surface area contributed by atoms with Crippen LogP contribution in [0.15, 0.2) is 18.2 Å². The lowest BCUT2D eigenvalue weighted by Crippen LogP contribution is -2.17. The fourth-order valence-electron chi connectivity index (χ4n) is 1.76. The van der Waals surface area contributed by atoms with E-state index in [2.05, 4.69) is 0 Å². The van der Waals surface area contributed by atoms with Crippen LogP contribution in [0.1, 0.15) is 36.4 Å². The lowest BCUT2D eigenvalue weighted by molar-refractivity contribution is -0.138. The van der Waals surface area contributed by atoms with E-state index in [-0.39, 0.29) is 23.0 Å². The summed E-state index contributed by atoms with van der Waals surface area (Å²) in [5, 5.41) is 0.0558. The molecule has 1 aromatic carbocycles. The highest BCUT2D eigenvalue weighted by molar-refractivity contribution is 6.30. The fraction of sp³-hybridized carbons (Fsp3) is 0.500. The number of nitrogens with two attached hydrogens (primary N) is 2. The Kier molecular flexibility index (Phi) is 7.74. The van der Waals surface area contributed by atoms with Crippen molar-refractivity contribution in [2.45, 2.75) is 31.5 Å². The average molecular weight is 317 g/mol. The molecule has 0 fully saturated rings. The van der Waals surface area contributed by atoms with Crippen LogP contribution in [0.3, 0.4) is 0 Å². The molecule has 0 unspecified atom stereocenters. The summed E-state index contributed by atoms with van der Waals surface area (Å²) in [5.41, 5.74) is 10.5. The Morgan fingerprint density at radius 2 is 1.84 bits per heavy atom. The Morgan fingerprint density at radius 1 is 1.21 bits per heavy atom. The smallest absolute Gasteiger partial charge is 0.330 e. The van der Waals surface area contributed by atoms with Gasteiger partial charge >= 0.3 is 6.18 Å². The summed E-state index contributed by atoms with van der Waals surface area (Å²) in [6.45, 7) is 0.513. The molecular weight excluding hydrogens is 300 g/mol. The predicted octanol–water partition coefficient (Wildman–Crippen LogP) is 3.91. The molecular formula is C12H17Cl2F3N2. The summed E-state index contributed by atoms with van der Waals surface area (Å²) in [4.78, 5) is 0. The van der Waals surface area contributed by atoms with Crippen LogP contribution in [0.5, 0.6) is 0 Å². The highest BCUT2D eigenvalue weighted by atomic mass is 35.5. The van der Waals surface area contributed by atoms with Crippen molar-refractivity contribution in [1.29, 1.82) is 0 Å². The van der Waals surface area contributed by atoms with Gasteiger partial charge in [0.05, 0.1) is 5.56 Å². The maximum atomic E-state index is 12.8. The second-order valence-electron chi connectivity index (χ2n) is 4.12. The second kappa shape index (κ2) is 7.94. The number of benzene rings is 1. The molecule has 0 saturated carbocycles. The number of hydrogen-bond acceptors (Lipinski definition) is 2. The first-order valence-electron chi connectivity index (χ1n) is 5.68. The van der Waals surface area contributed by atoms with E-state index < -0.39 is 17.8 Å². The first kappa shape index (κ1) is 18.5. The largest absolute Gasteiger partial charge is 0.416 e. The van der Waals surface area contributed by atoms with Gasteiger partial charge in [-0.1, -0.05) is 24.1 Å². The predicted molar refractivity (Wildman–Crippen MR) is 73.5 cm³/mol. The monoisotopic (exact) mass is 316 g/mol. The van der Waals surface area contributed by atoms with E-state index in [9.17, 15) is 13.2 Å². The Labute approximate surface area is 121 Å². The molecule has 4 N–H and O–H groups in total. The van der Waals surface area contributed by atoms with Gasteiger partial charge < -0.3 is 11.5 Å². The van der Waals surface area contributed by atoms with Crippen molar-refractivity contribution in [3.63, 3.8) is 0 Å². The normalized spacial score (nSPS) is 12.9. The van der Waals surface area contributed by atoms with E-state index in [4.69, 9.17) is 23.1 Å². The van der Waals surface area contributed by atoms with Gasteiger partial charge in [-0.3, -0.25) is 0 Å². The zero-order valence-corrected chi connectivity index (χ0v) is 11.8. The summed E-state index contributed by atoms with van der Waals surface area (Å²) in [5.74, 6) is 0. The lowest BCUT2D eigenvalue weighted by atomic mass is 9.96. The average Bonchev–Trinajstić information content (AvgIpc) is 2.28. The Morgan fingerprint density at radius 3 is 2.37 bits per heavy atom. The quantitative estimate of drug-likeness (QED) is 0.809. The number of unbranched alkanes of at least 4 members (excludes halogenated alkanes) is 1. The molecule has 0 saturated heterocycles. The van der Waals surface area contributed by atoms with Crippen molar-refractivity contribution in [3.8, 4) is 0 Å². The molecule has 0 aliphatic rings. The topological polar surface area (TPSA) is 52.0 Å². The molecule has 0 heterocycles. The van der Waals surface area contributed by atoms with Gasteiger partial charge in [0.1, 0.15) is 0 Å². The summed E-state index contributed by atoms with van der Waals surface area (Å²) in [7, 11) is 0. The van der Waals surface area contributed by atoms with E-state index in [1.54, 1.807) is 0 Å². The van der Waals surface area contributed by atoms with Crippen molar-refractivity contribution in [3.05, 3.63) is 34.3 Å². The molecule has 0 spiro atoms. The molecule has 7 heteroatoms. The van der Waals surface area contributed by atoms with Crippen LogP contribution in [0, 0.1) is 0 Å². The van der Waals surface area contributed by atoms with Gasteiger partial charge in [0.2, 0.25) is 0 Å². The maximum Gasteiger partial charge on any atom is 0.416 e. The SMILES string of the molecule is Cl.NCCCC[C@H](N)c1ccc(Cl)cc1C(F)(F)F. The second-order valence-corrected chi connectivity index (χ2v) is 4.56. The van der Waals surface area contributed by atoms with Crippen LogP contribution >= 0.6 is 24.0 Å². The summed E-state index contributed by atoms with van der Waals surface area (Å²) < 4.78 is 38.5. The third-order valence-corrected chi connectivity index (χ3v) is 2.92. The first-order valence-corrected chi connectivity index (χ1v) is 6.06. The molecule has 0 radical (unpaired) electrons. The lowest BCUT2D eigenvalue weighted by Gasteiger charge is -2.18. The molecule has 19 heavy (non-hydrogen) atoms. The maximum absolute atomic E-state index is 12.8. The number of rotatable bonds is 5. The number of halogens is 5. The highest BCUT2D eigenvalue weighted by Crippen LogP contribution is 2.36. The fourth-order valence-corrected chi connectivity index (χ4v) is 1.93. The Bertz CT molecular complexity index is 397. The number of hydrogen-bond donors (Lipinski definition) is 2. The molecule has 1 atom stereocenters. The third kappa shape index (κ3) is 5.57. The van der Waals surface area contributed by atoms with Crippen molar-refractivity contribution in [2.75, 3.05) is 6.54 Å². The van der Waals surface area contributed by atoms with E-state index in [1.165, 1.54) is 12.1 Å². The molecule has 0 amide bonds. The standard InChI is InChI=1S/C12H16ClF3N2.ClH/c13-8-4-5-9(10(7-8)12(14,15)16)11(18)3-1-2-6-17;/h4-5,7,11H,1-3,6,17-18H2;1H/t11-;/m0./s1. The van der Waals surface area contributed by atoms with Gasteiger partial charge in [-0.15, -0.1) is 12.4 Å². The summed E-state index contributed by atoms with van der Waals surface area (Å²) in [6.07, 6.45) is -2.51. The van der Waals surface area contributed by atoms with Gasteiger partial charge in [0.15, 0.2) is 0 Å². The van der Waals surface area contributed by atoms with Crippen molar-refractivity contribution < 1.29 is 13.2 Å². The highest BCUT2D eigenvalue weighted by Gasteiger charge is 2.34. The van der Waals surface area contributed by atoms with Crippen LogP contribution in [0.4, 0.5) is 13.2 Å². The zero-order valence-electron chi connectivity index (χ0n) is 10.2. The Balaban J connectivity index is 0.00000324. The summed E-state index contributed by atoms with van der Waals surface area (Å²) in [6, 6.07) is 3.04.